The average Bonchev–Trinajstić information content (AvgIpc) is 2.40. The molecule has 0 saturated heterocycles. The quantitative estimate of drug-likeness (QED) is 0.846. The van der Waals surface area contributed by atoms with E-state index in [9.17, 15) is 8.96 Å². The first-order valence-electron chi connectivity index (χ1n) is 5.98. The second kappa shape index (κ2) is 6.00. The lowest BCUT2D eigenvalue weighted by Gasteiger charge is -2.20. The fraction of sp³-hybridized carbons (Fsp3) is 0.143. The van der Waals surface area contributed by atoms with Crippen molar-refractivity contribution in [1.82, 2.24) is 0 Å². The van der Waals surface area contributed by atoms with Gasteiger partial charge in [0, 0.05) is 5.69 Å². The van der Waals surface area contributed by atoms with E-state index in [1.54, 1.807) is 19.1 Å². The number of hydrogen-bond acceptors (Lipinski definition) is 2. The highest BCUT2D eigenvalue weighted by atomic mass is 31.2. The van der Waals surface area contributed by atoms with Gasteiger partial charge in [-0.05, 0) is 43.3 Å². The zero-order valence-corrected chi connectivity index (χ0v) is 11.4. The third-order valence-electron chi connectivity index (χ3n) is 2.53. The standard InChI is InChI=1S/C14H15FNO2P/c1-2-18-19(17,14-10-8-12(15)9-11-14)16-13-6-4-3-5-7-13/h3-11H,2H2,1H3,(H,16,17). The minimum atomic E-state index is -3.23. The first-order valence-corrected chi connectivity index (χ1v) is 7.60. The van der Waals surface area contributed by atoms with E-state index in [4.69, 9.17) is 4.52 Å². The predicted molar refractivity (Wildman–Crippen MR) is 75.3 cm³/mol. The molecule has 0 amide bonds. The van der Waals surface area contributed by atoms with Crippen molar-refractivity contribution in [2.24, 2.45) is 0 Å². The molecular formula is C14H15FNO2P. The van der Waals surface area contributed by atoms with Crippen LogP contribution in [-0.2, 0) is 9.09 Å². The zero-order chi connectivity index (χ0) is 13.7. The van der Waals surface area contributed by atoms with Gasteiger partial charge in [0.25, 0.3) is 0 Å². The van der Waals surface area contributed by atoms with Gasteiger partial charge in [-0.2, -0.15) is 0 Å². The Hall–Kier alpha value is -1.64. The molecule has 1 atom stereocenters. The topological polar surface area (TPSA) is 38.3 Å². The van der Waals surface area contributed by atoms with Gasteiger partial charge in [-0.3, -0.25) is 4.57 Å². The van der Waals surface area contributed by atoms with Crippen molar-refractivity contribution in [3.05, 3.63) is 60.4 Å². The van der Waals surface area contributed by atoms with Gasteiger partial charge in [-0.25, -0.2) is 4.39 Å². The summed E-state index contributed by atoms with van der Waals surface area (Å²) in [5.74, 6) is -0.369. The van der Waals surface area contributed by atoms with Crippen LogP contribution < -0.4 is 10.4 Å². The molecule has 1 unspecified atom stereocenters. The fourth-order valence-electron chi connectivity index (χ4n) is 1.67. The summed E-state index contributed by atoms with van der Waals surface area (Å²) < 4.78 is 31.2. The highest BCUT2D eigenvalue weighted by Crippen LogP contribution is 2.45. The van der Waals surface area contributed by atoms with Gasteiger partial charge in [0.15, 0.2) is 0 Å². The van der Waals surface area contributed by atoms with E-state index in [2.05, 4.69) is 5.09 Å². The highest BCUT2D eigenvalue weighted by Gasteiger charge is 2.25. The summed E-state index contributed by atoms with van der Waals surface area (Å²) in [6.07, 6.45) is 0. The molecule has 0 aromatic heterocycles. The van der Waals surface area contributed by atoms with Crippen molar-refractivity contribution >= 4 is 18.5 Å². The van der Waals surface area contributed by atoms with Gasteiger partial charge in [-0.15, -0.1) is 0 Å². The molecule has 3 nitrogen and oxygen atoms in total. The maximum Gasteiger partial charge on any atom is 0.323 e. The Morgan fingerprint density at radius 1 is 1.11 bits per heavy atom. The molecule has 0 heterocycles. The molecular weight excluding hydrogens is 264 g/mol. The van der Waals surface area contributed by atoms with Crippen LogP contribution >= 0.6 is 7.52 Å². The molecule has 5 heteroatoms. The molecule has 0 aliphatic carbocycles. The van der Waals surface area contributed by atoms with Gasteiger partial charge in [0.1, 0.15) is 5.82 Å². The van der Waals surface area contributed by atoms with Crippen molar-refractivity contribution in [2.75, 3.05) is 11.7 Å². The van der Waals surface area contributed by atoms with Crippen LogP contribution in [0.3, 0.4) is 0 Å². The Morgan fingerprint density at radius 3 is 2.32 bits per heavy atom. The summed E-state index contributed by atoms with van der Waals surface area (Å²) >= 11 is 0. The molecule has 0 spiro atoms. The van der Waals surface area contributed by atoms with E-state index < -0.39 is 7.52 Å². The predicted octanol–water partition coefficient (Wildman–Crippen LogP) is 3.79. The van der Waals surface area contributed by atoms with E-state index >= 15 is 0 Å². The van der Waals surface area contributed by atoms with Gasteiger partial charge in [0.05, 0.1) is 11.9 Å². The molecule has 0 aliphatic rings. The maximum atomic E-state index is 12.9. The molecule has 0 bridgehead atoms. The van der Waals surface area contributed by atoms with Crippen LogP contribution in [0.1, 0.15) is 6.92 Å². The Morgan fingerprint density at radius 2 is 1.74 bits per heavy atom. The van der Waals surface area contributed by atoms with E-state index in [1.165, 1.54) is 24.3 Å². The monoisotopic (exact) mass is 279 g/mol. The van der Waals surface area contributed by atoms with E-state index in [0.29, 0.717) is 17.6 Å². The van der Waals surface area contributed by atoms with Gasteiger partial charge in [0.2, 0.25) is 0 Å². The Bertz CT molecular complexity index is 572. The lowest BCUT2D eigenvalue weighted by Crippen LogP contribution is -2.14. The molecule has 0 saturated carbocycles. The normalized spacial score (nSPS) is 13.8. The van der Waals surface area contributed by atoms with E-state index in [0.717, 1.165) is 0 Å². The summed E-state index contributed by atoms with van der Waals surface area (Å²) in [6.45, 7) is 2.07. The van der Waals surface area contributed by atoms with Gasteiger partial charge >= 0.3 is 7.52 Å². The Kier molecular flexibility index (Phi) is 4.35. The number of anilines is 1. The molecule has 19 heavy (non-hydrogen) atoms. The first kappa shape index (κ1) is 13.8. The third kappa shape index (κ3) is 3.43. The second-order valence-electron chi connectivity index (χ2n) is 3.92. The molecule has 0 aliphatic heterocycles. The fourth-order valence-corrected chi connectivity index (χ4v) is 3.41. The number of para-hydroxylation sites is 1. The summed E-state index contributed by atoms with van der Waals surface area (Å²) in [4.78, 5) is 0. The number of rotatable bonds is 5. The summed E-state index contributed by atoms with van der Waals surface area (Å²) in [5.41, 5.74) is 0.698. The molecule has 2 rings (SSSR count). The van der Waals surface area contributed by atoms with Crippen LogP contribution in [0.2, 0.25) is 0 Å². The largest absolute Gasteiger partial charge is 0.323 e. The number of benzene rings is 2. The molecule has 100 valence electrons. The van der Waals surface area contributed by atoms with Crippen LogP contribution in [0, 0.1) is 5.82 Å². The smallest absolute Gasteiger partial charge is 0.312 e. The molecule has 2 aromatic rings. The third-order valence-corrected chi connectivity index (χ3v) is 4.68. The number of hydrogen-bond donors (Lipinski definition) is 1. The van der Waals surface area contributed by atoms with Crippen molar-refractivity contribution in [3.63, 3.8) is 0 Å². The molecule has 0 radical (unpaired) electrons. The summed E-state index contributed by atoms with van der Waals surface area (Å²) in [7, 11) is -3.23. The van der Waals surface area contributed by atoms with Crippen LogP contribution in [0.25, 0.3) is 0 Å². The summed E-state index contributed by atoms with van der Waals surface area (Å²) in [5, 5.41) is 3.35. The lowest BCUT2D eigenvalue weighted by molar-refractivity contribution is 0.344. The van der Waals surface area contributed by atoms with E-state index in [1.807, 2.05) is 18.2 Å². The van der Waals surface area contributed by atoms with E-state index in [-0.39, 0.29) is 5.82 Å². The SMILES string of the molecule is CCOP(=O)(Nc1ccccc1)c1ccc(F)cc1. The van der Waals surface area contributed by atoms with Crippen molar-refractivity contribution in [1.29, 1.82) is 0 Å². The molecule has 2 aromatic carbocycles. The number of halogens is 1. The minimum Gasteiger partial charge on any atom is -0.312 e. The maximum absolute atomic E-state index is 12.9. The Balaban J connectivity index is 2.32. The molecule has 0 fully saturated rings. The zero-order valence-electron chi connectivity index (χ0n) is 10.5. The Labute approximate surface area is 111 Å². The highest BCUT2D eigenvalue weighted by molar-refractivity contribution is 7.68. The van der Waals surface area contributed by atoms with Gasteiger partial charge in [-0.1, -0.05) is 18.2 Å². The van der Waals surface area contributed by atoms with Crippen molar-refractivity contribution < 1.29 is 13.5 Å². The summed E-state index contributed by atoms with van der Waals surface area (Å²) in [6, 6.07) is 14.6. The van der Waals surface area contributed by atoms with Crippen LogP contribution in [0.5, 0.6) is 0 Å². The lowest BCUT2D eigenvalue weighted by atomic mass is 10.3. The van der Waals surface area contributed by atoms with Gasteiger partial charge < -0.3 is 9.61 Å². The van der Waals surface area contributed by atoms with Crippen molar-refractivity contribution in [3.8, 4) is 0 Å². The van der Waals surface area contributed by atoms with Crippen molar-refractivity contribution in [2.45, 2.75) is 6.92 Å². The minimum absolute atomic E-state index is 0.300. The van der Waals surface area contributed by atoms with Crippen LogP contribution in [-0.4, -0.2) is 6.61 Å². The number of nitrogens with one attached hydrogen (secondary N) is 1. The molecule has 1 N–H and O–H groups in total. The van der Waals surface area contributed by atoms with Crippen LogP contribution in [0.15, 0.2) is 54.6 Å². The second-order valence-corrected chi connectivity index (χ2v) is 6.02. The average molecular weight is 279 g/mol. The first-order chi connectivity index (χ1) is 9.14. The van der Waals surface area contributed by atoms with Crippen LogP contribution in [0.4, 0.5) is 10.1 Å².